The van der Waals surface area contributed by atoms with Crippen LogP contribution in [-0.2, 0) is 0 Å². The lowest BCUT2D eigenvalue weighted by atomic mass is 9.92. The summed E-state index contributed by atoms with van der Waals surface area (Å²) < 4.78 is 0. The van der Waals surface area contributed by atoms with Crippen LogP contribution in [0.25, 0.3) is 0 Å². The number of hydrogen-bond donors (Lipinski definition) is 0. The van der Waals surface area contributed by atoms with Gasteiger partial charge in [0.05, 0.1) is 4.92 Å². The van der Waals surface area contributed by atoms with E-state index in [4.69, 9.17) is 5.26 Å². The third-order valence-electron chi connectivity index (χ3n) is 2.76. The first kappa shape index (κ1) is 13.7. The largest absolute Gasteiger partial charge is 0.287 e. The third-order valence-corrected chi connectivity index (χ3v) is 3.40. The summed E-state index contributed by atoms with van der Waals surface area (Å²) in [6, 6.07) is 6.63. The van der Waals surface area contributed by atoms with Gasteiger partial charge in [-0.25, -0.2) is 0 Å². The molecule has 0 amide bonds. The second-order valence-corrected chi connectivity index (χ2v) is 5.28. The molecule has 2 atom stereocenters. The molecule has 0 aliphatic carbocycles. The molecule has 0 aliphatic rings. The molecule has 0 fully saturated rings. The molecular weight excluding hydrogens is 284 g/mol. The lowest BCUT2D eigenvalue weighted by Gasteiger charge is -2.18. The molecular formula is C12H13BrN2O2. The van der Waals surface area contributed by atoms with Gasteiger partial charge in [0, 0.05) is 10.9 Å². The minimum Gasteiger partial charge on any atom is -0.258 e. The van der Waals surface area contributed by atoms with Gasteiger partial charge in [0.25, 0.3) is 5.69 Å². The fourth-order valence-electron chi connectivity index (χ4n) is 1.86. The fraction of sp³-hybridized carbons (Fsp3) is 0.417. The Morgan fingerprint density at radius 3 is 2.65 bits per heavy atom. The zero-order chi connectivity index (χ0) is 13.0. The topological polar surface area (TPSA) is 66.9 Å². The third kappa shape index (κ3) is 3.04. The molecule has 5 heteroatoms. The molecule has 0 bridgehead atoms. The highest BCUT2D eigenvalue weighted by Gasteiger charge is 2.19. The Bertz CT molecular complexity index is 466. The number of hydrogen-bond acceptors (Lipinski definition) is 3. The Hall–Kier alpha value is -1.41. The number of nitro benzene ring substituents is 1. The SMILES string of the molecule is CCC(c1ccc([N+](=O)[O-])c(C#N)c1)C(C)Br. The van der Waals surface area contributed by atoms with Crippen LogP contribution in [0.4, 0.5) is 5.69 Å². The summed E-state index contributed by atoms with van der Waals surface area (Å²) in [7, 11) is 0. The van der Waals surface area contributed by atoms with E-state index in [-0.39, 0.29) is 22.0 Å². The van der Waals surface area contributed by atoms with E-state index in [1.807, 2.05) is 13.0 Å². The molecule has 0 aromatic heterocycles. The normalized spacial score (nSPS) is 13.8. The molecule has 0 radical (unpaired) electrons. The summed E-state index contributed by atoms with van der Waals surface area (Å²) in [5, 5.41) is 19.6. The van der Waals surface area contributed by atoms with Crippen molar-refractivity contribution in [3.8, 4) is 6.07 Å². The van der Waals surface area contributed by atoms with E-state index in [9.17, 15) is 10.1 Å². The van der Waals surface area contributed by atoms with Gasteiger partial charge in [0.2, 0.25) is 0 Å². The van der Waals surface area contributed by atoms with Crippen molar-refractivity contribution >= 4 is 21.6 Å². The van der Waals surface area contributed by atoms with E-state index >= 15 is 0 Å². The van der Waals surface area contributed by atoms with E-state index in [0.717, 1.165) is 12.0 Å². The van der Waals surface area contributed by atoms with Crippen molar-refractivity contribution in [2.24, 2.45) is 0 Å². The lowest BCUT2D eigenvalue weighted by Crippen LogP contribution is -2.08. The smallest absolute Gasteiger partial charge is 0.258 e. The molecule has 1 aromatic rings. The predicted octanol–water partition coefficient (Wildman–Crippen LogP) is 3.74. The quantitative estimate of drug-likeness (QED) is 0.483. The second-order valence-electron chi connectivity index (χ2n) is 3.84. The Kier molecular flexibility index (Phi) is 4.64. The van der Waals surface area contributed by atoms with Gasteiger partial charge in [0.1, 0.15) is 11.6 Å². The van der Waals surface area contributed by atoms with Crippen molar-refractivity contribution in [1.29, 1.82) is 5.26 Å². The van der Waals surface area contributed by atoms with Gasteiger partial charge in [-0.05, 0) is 24.0 Å². The molecule has 0 spiro atoms. The maximum Gasteiger partial charge on any atom is 0.287 e. The average Bonchev–Trinajstić information content (AvgIpc) is 2.28. The number of benzene rings is 1. The van der Waals surface area contributed by atoms with Crippen LogP contribution in [-0.4, -0.2) is 9.75 Å². The monoisotopic (exact) mass is 296 g/mol. The summed E-state index contributed by atoms with van der Waals surface area (Å²) >= 11 is 3.51. The van der Waals surface area contributed by atoms with E-state index < -0.39 is 4.92 Å². The molecule has 0 N–H and O–H groups in total. The first-order valence-electron chi connectivity index (χ1n) is 5.33. The van der Waals surface area contributed by atoms with Crippen molar-refractivity contribution < 1.29 is 4.92 Å². The van der Waals surface area contributed by atoms with E-state index in [1.165, 1.54) is 6.07 Å². The van der Waals surface area contributed by atoms with Crippen LogP contribution in [0.15, 0.2) is 18.2 Å². The van der Waals surface area contributed by atoms with Crippen molar-refractivity contribution in [1.82, 2.24) is 0 Å². The van der Waals surface area contributed by atoms with Crippen molar-refractivity contribution in [3.63, 3.8) is 0 Å². The maximum atomic E-state index is 10.7. The first-order valence-corrected chi connectivity index (χ1v) is 6.25. The minimum absolute atomic E-state index is 0.124. The maximum absolute atomic E-state index is 10.7. The van der Waals surface area contributed by atoms with Crippen molar-refractivity contribution in [2.75, 3.05) is 0 Å². The van der Waals surface area contributed by atoms with Crippen LogP contribution in [0.2, 0.25) is 0 Å². The van der Waals surface area contributed by atoms with Gasteiger partial charge in [-0.15, -0.1) is 0 Å². The summed E-state index contributed by atoms with van der Waals surface area (Å²) in [4.78, 5) is 10.4. The van der Waals surface area contributed by atoms with Gasteiger partial charge in [-0.1, -0.05) is 35.8 Å². The molecule has 90 valence electrons. The number of nitrogens with zero attached hydrogens (tertiary/aromatic N) is 2. The van der Waals surface area contributed by atoms with Crippen LogP contribution in [0.5, 0.6) is 0 Å². The van der Waals surface area contributed by atoms with Crippen LogP contribution in [0.1, 0.15) is 37.3 Å². The zero-order valence-electron chi connectivity index (χ0n) is 9.68. The van der Waals surface area contributed by atoms with Crippen LogP contribution in [0, 0.1) is 21.4 Å². The standard InChI is InChI=1S/C12H13BrN2O2/c1-3-11(8(2)13)9-4-5-12(15(16)17)10(6-9)7-14/h4-6,8,11H,3H2,1-2H3. The Morgan fingerprint density at radius 1 is 1.59 bits per heavy atom. The predicted molar refractivity (Wildman–Crippen MR) is 69.2 cm³/mol. The van der Waals surface area contributed by atoms with Gasteiger partial charge >= 0.3 is 0 Å². The van der Waals surface area contributed by atoms with E-state index in [2.05, 4.69) is 22.9 Å². The summed E-state index contributed by atoms with van der Waals surface area (Å²) in [5.74, 6) is 0.253. The molecule has 1 rings (SSSR count). The Labute approximate surface area is 109 Å². The number of rotatable bonds is 4. The van der Waals surface area contributed by atoms with Gasteiger partial charge in [0.15, 0.2) is 0 Å². The molecule has 4 nitrogen and oxygen atoms in total. The second kappa shape index (κ2) is 5.78. The van der Waals surface area contributed by atoms with Crippen molar-refractivity contribution in [3.05, 3.63) is 39.4 Å². The molecule has 17 heavy (non-hydrogen) atoms. The molecule has 0 saturated carbocycles. The number of halogens is 1. The number of alkyl halides is 1. The fourth-order valence-corrected chi connectivity index (χ4v) is 2.54. The van der Waals surface area contributed by atoms with E-state index in [1.54, 1.807) is 12.1 Å². The van der Waals surface area contributed by atoms with Gasteiger partial charge in [-0.2, -0.15) is 5.26 Å². The molecule has 0 saturated heterocycles. The minimum atomic E-state index is -0.527. The lowest BCUT2D eigenvalue weighted by molar-refractivity contribution is -0.385. The average molecular weight is 297 g/mol. The van der Waals surface area contributed by atoms with Crippen LogP contribution in [0.3, 0.4) is 0 Å². The van der Waals surface area contributed by atoms with Crippen LogP contribution < -0.4 is 0 Å². The molecule has 2 unspecified atom stereocenters. The zero-order valence-corrected chi connectivity index (χ0v) is 11.3. The highest BCUT2D eigenvalue weighted by atomic mass is 79.9. The highest BCUT2D eigenvalue weighted by Crippen LogP contribution is 2.30. The molecule has 0 aliphatic heterocycles. The van der Waals surface area contributed by atoms with Crippen molar-refractivity contribution in [2.45, 2.75) is 31.0 Å². The summed E-state index contributed by atoms with van der Waals surface area (Å²) in [6.45, 7) is 4.08. The molecule has 1 aromatic carbocycles. The number of nitriles is 1. The van der Waals surface area contributed by atoms with E-state index in [0.29, 0.717) is 0 Å². The molecule has 0 heterocycles. The van der Waals surface area contributed by atoms with Gasteiger partial charge in [-0.3, -0.25) is 10.1 Å². The van der Waals surface area contributed by atoms with Crippen LogP contribution >= 0.6 is 15.9 Å². The first-order chi connectivity index (χ1) is 8.01. The summed E-state index contributed by atoms with van der Waals surface area (Å²) in [6.07, 6.45) is 0.912. The summed E-state index contributed by atoms with van der Waals surface area (Å²) in [5.41, 5.74) is 0.950. The Balaban J connectivity index is 3.22. The Morgan fingerprint density at radius 2 is 2.24 bits per heavy atom. The highest BCUT2D eigenvalue weighted by molar-refractivity contribution is 9.09. The number of nitro groups is 1. The van der Waals surface area contributed by atoms with Gasteiger partial charge < -0.3 is 0 Å².